The normalized spacial score (nSPS) is 17.6. The van der Waals surface area contributed by atoms with Crippen LogP contribution in [0.25, 0.3) is 11.0 Å². The minimum Gasteiger partial charge on any atom is -0.404 e. The van der Waals surface area contributed by atoms with E-state index >= 15 is 0 Å². The fraction of sp³-hybridized carbons (Fsp3) is 0.278. The highest BCUT2D eigenvalue weighted by molar-refractivity contribution is 7.92. The molecule has 154 valence electrons. The van der Waals surface area contributed by atoms with E-state index in [0.717, 1.165) is 25.0 Å². The van der Waals surface area contributed by atoms with Gasteiger partial charge in [-0.25, -0.2) is 13.4 Å². The Balaban J connectivity index is 1.62. The van der Waals surface area contributed by atoms with E-state index in [1.807, 2.05) is 0 Å². The smallest absolute Gasteiger partial charge is 0.404 e. The molecule has 1 atom stereocenters. The average molecular weight is 427 g/mol. The summed E-state index contributed by atoms with van der Waals surface area (Å²) in [4.78, 5) is 6.92. The van der Waals surface area contributed by atoms with Gasteiger partial charge in [-0.05, 0) is 43.2 Å². The van der Waals surface area contributed by atoms with E-state index in [1.165, 1.54) is 24.3 Å². The molecule has 2 heterocycles. The van der Waals surface area contributed by atoms with Crippen LogP contribution in [0, 0.1) is 0 Å². The summed E-state index contributed by atoms with van der Waals surface area (Å²) in [5.74, 6) is -0.155. The molecule has 4 rings (SSSR count). The van der Waals surface area contributed by atoms with Crippen LogP contribution in [0.5, 0.6) is 5.75 Å². The molecule has 3 aromatic rings. The molecular weight excluding hydrogens is 411 g/mol. The number of ether oxygens (including phenoxy) is 2. The Morgan fingerprint density at radius 3 is 2.72 bits per heavy atom. The first-order valence-electron chi connectivity index (χ1n) is 8.70. The van der Waals surface area contributed by atoms with Crippen LogP contribution in [0.1, 0.15) is 24.8 Å². The quantitative estimate of drug-likeness (QED) is 0.639. The van der Waals surface area contributed by atoms with Gasteiger partial charge in [0.1, 0.15) is 22.6 Å². The lowest BCUT2D eigenvalue weighted by Gasteiger charge is -2.14. The molecule has 1 unspecified atom stereocenters. The van der Waals surface area contributed by atoms with Crippen molar-refractivity contribution in [3.05, 3.63) is 48.3 Å². The standard InChI is InChI=1S/C18H16F3N3O4S/c19-18(20,21)28-14-4-1-2-6-16(14)29(25,26)24-11-7-8-12-13(10-11)23-17(22-12)15-5-3-9-27-15/h1-2,4,6-8,10,15,24H,3,5,9H2,(H,22,23). The SMILES string of the molecule is O=S(=O)(Nc1ccc2nc(C3CCCO3)[nH]c2c1)c1ccccc1OC(F)(F)F. The minimum atomic E-state index is -5.01. The zero-order chi connectivity index (χ0) is 20.6. The van der Waals surface area contributed by atoms with Crippen molar-refractivity contribution in [3.63, 3.8) is 0 Å². The molecule has 0 saturated carbocycles. The second-order valence-electron chi connectivity index (χ2n) is 6.46. The molecule has 1 saturated heterocycles. The summed E-state index contributed by atoms with van der Waals surface area (Å²) in [5, 5.41) is 0. The average Bonchev–Trinajstić information content (AvgIpc) is 3.29. The number of hydrogen-bond donors (Lipinski definition) is 2. The number of rotatable bonds is 5. The van der Waals surface area contributed by atoms with Crippen LogP contribution < -0.4 is 9.46 Å². The van der Waals surface area contributed by atoms with Crippen LogP contribution in [0.2, 0.25) is 0 Å². The maximum Gasteiger partial charge on any atom is 0.573 e. The van der Waals surface area contributed by atoms with E-state index in [-0.39, 0.29) is 11.8 Å². The number of nitrogens with zero attached hydrogens (tertiary/aromatic N) is 1. The first kappa shape index (κ1) is 19.5. The predicted octanol–water partition coefficient (Wildman–Crippen LogP) is 4.11. The van der Waals surface area contributed by atoms with Gasteiger partial charge in [0.25, 0.3) is 10.0 Å². The van der Waals surface area contributed by atoms with E-state index in [0.29, 0.717) is 23.5 Å². The zero-order valence-electron chi connectivity index (χ0n) is 14.9. The fourth-order valence-electron chi connectivity index (χ4n) is 3.13. The van der Waals surface area contributed by atoms with Crippen molar-refractivity contribution in [1.29, 1.82) is 0 Å². The molecule has 7 nitrogen and oxygen atoms in total. The van der Waals surface area contributed by atoms with Crippen molar-refractivity contribution >= 4 is 26.7 Å². The predicted molar refractivity (Wildman–Crippen MR) is 98.0 cm³/mol. The van der Waals surface area contributed by atoms with Crippen molar-refractivity contribution in [3.8, 4) is 5.75 Å². The molecule has 11 heteroatoms. The van der Waals surface area contributed by atoms with Gasteiger partial charge in [0, 0.05) is 6.61 Å². The molecular formula is C18H16F3N3O4S. The van der Waals surface area contributed by atoms with Gasteiger partial charge in [-0.1, -0.05) is 12.1 Å². The molecule has 2 aromatic carbocycles. The number of alkyl halides is 3. The molecule has 29 heavy (non-hydrogen) atoms. The number of para-hydroxylation sites is 1. The van der Waals surface area contributed by atoms with E-state index in [1.54, 1.807) is 6.07 Å². The number of hydrogen-bond acceptors (Lipinski definition) is 5. The second kappa shape index (κ2) is 7.23. The number of aromatic nitrogens is 2. The Morgan fingerprint density at radius 1 is 1.21 bits per heavy atom. The van der Waals surface area contributed by atoms with Crippen LogP contribution in [0.4, 0.5) is 18.9 Å². The molecule has 1 aliphatic heterocycles. The van der Waals surface area contributed by atoms with Crippen LogP contribution in [-0.4, -0.2) is 31.4 Å². The summed E-state index contributed by atoms with van der Waals surface area (Å²) in [6, 6.07) is 9.15. The lowest BCUT2D eigenvalue weighted by Crippen LogP contribution is -2.20. The van der Waals surface area contributed by atoms with Gasteiger partial charge in [0.05, 0.1) is 16.7 Å². The van der Waals surface area contributed by atoms with Gasteiger partial charge in [-0.2, -0.15) is 0 Å². The maximum atomic E-state index is 12.7. The number of sulfonamides is 1. The zero-order valence-corrected chi connectivity index (χ0v) is 15.7. The van der Waals surface area contributed by atoms with Crippen LogP contribution in [0.15, 0.2) is 47.4 Å². The number of H-pyrrole nitrogens is 1. The minimum absolute atomic E-state index is 0.131. The molecule has 1 aromatic heterocycles. The third kappa shape index (κ3) is 4.30. The van der Waals surface area contributed by atoms with Crippen LogP contribution >= 0.6 is 0 Å². The lowest BCUT2D eigenvalue weighted by atomic mass is 10.2. The maximum absolute atomic E-state index is 12.7. The Morgan fingerprint density at radius 2 is 2.00 bits per heavy atom. The first-order chi connectivity index (χ1) is 13.7. The third-order valence-electron chi connectivity index (χ3n) is 4.35. The molecule has 0 radical (unpaired) electrons. The van der Waals surface area contributed by atoms with Crippen molar-refractivity contribution in [1.82, 2.24) is 9.97 Å². The van der Waals surface area contributed by atoms with Gasteiger partial charge in [-0.3, -0.25) is 4.72 Å². The highest BCUT2D eigenvalue weighted by atomic mass is 32.2. The molecule has 0 amide bonds. The molecule has 0 bridgehead atoms. The van der Waals surface area contributed by atoms with Crippen LogP contribution in [0.3, 0.4) is 0 Å². The van der Waals surface area contributed by atoms with Crippen molar-refractivity contribution < 1.29 is 31.1 Å². The van der Waals surface area contributed by atoms with Crippen molar-refractivity contribution in [2.45, 2.75) is 30.2 Å². The topological polar surface area (TPSA) is 93.3 Å². The molecule has 0 spiro atoms. The highest BCUT2D eigenvalue weighted by Crippen LogP contribution is 2.32. The number of imidazole rings is 1. The number of fused-ring (bicyclic) bond motifs is 1. The molecule has 1 aliphatic rings. The third-order valence-corrected chi connectivity index (χ3v) is 5.77. The van der Waals surface area contributed by atoms with Crippen molar-refractivity contribution in [2.24, 2.45) is 0 Å². The largest absolute Gasteiger partial charge is 0.573 e. The Hall–Kier alpha value is -2.79. The van der Waals surface area contributed by atoms with Gasteiger partial charge < -0.3 is 14.5 Å². The van der Waals surface area contributed by atoms with Gasteiger partial charge >= 0.3 is 6.36 Å². The monoisotopic (exact) mass is 427 g/mol. The molecule has 0 aliphatic carbocycles. The lowest BCUT2D eigenvalue weighted by molar-refractivity contribution is -0.275. The van der Waals surface area contributed by atoms with E-state index in [2.05, 4.69) is 19.4 Å². The van der Waals surface area contributed by atoms with E-state index in [9.17, 15) is 21.6 Å². The Bertz CT molecular complexity index is 1140. The first-order valence-corrected chi connectivity index (χ1v) is 10.2. The Labute approximate surface area is 163 Å². The molecule has 2 N–H and O–H groups in total. The molecule has 1 fully saturated rings. The summed E-state index contributed by atoms with van der Waals surface area (Å²) in [7, 11) is -4.33. The van der Waals surface area contributed by atoms with Gasteiger partial charge in [0.15, 0.2) is 0 Å². The van der Waals surface area contributed by atoms with E-state index < -0.39 is 27.0 Å². The second-order valence-corrected chi connectivity index (χ2v) is 8.11. The summed E-state index contributed by atoms with van der Waals surface area (Å²) in [6.07, 6.45) is -3.37. The summed E-state index contributed by atoms with van der Waals surface area (Å²) in [6.45, 7) is 0.659. The number of halogens is 3. The van der Waals surface area contributed by atoms with Crippen molar-refractivity contribution in [2.75, 3.05) is 11.3 Å². The fourth-order valence-corrected chi connectivity index (χ4v) is 4.31. The van der Waals surface area contributed by atoms with Crippen LogP contribution in [-0.2, 0) is 14.8 Å². The Kier molecular flexibility index (Phi) is 4.87. The van der Waals surface area contributed by atoms with E-state index in [4.69, 9.17) is 4.74 Å². The number of nitrogens with one attached hydrogen (secondary N) is 2. The summed E-state index contributed by atoms with van der Waals surface area (Å²) >= 11 is 0. The summed E-state index contributed by atoms with van der Waals surface area (Å²) < 4.78 is 74.8. The highest BCUT2D eigenvalue weighted by Gasteiger charge is 2.34. The number of aromatic amines is 1. The number of anilines is 1. The van der Waals surface area contributed by atoms with Gasteiger partial charge in [-0.15, -0.1) is 13.2 Å². The summed E-state index contributed by atoms with van der Waals surface area (Å²) in [5.41, 5.74) is 1.37. The number of benzene rings is 2. The van der Waals surface area contributed by atoms with Gasteiger partial charge in [0.2, 0.25) is 0 Å².